The van der Waals surface area contributed by atoms with Gasteiger partial charge in [-0.05, 0) is 18.6 Å². The number of aliphatic carboxylic acids is 1. The summed E-state index contributed by atoms with van der Waals surface area (Å²) in [6, 6.07) is 5.41. The molecule has 0 spiro atoms. The molecule has 0 atom stereocenters. The molecule has 116 valence electrons. The maximum Gasteiger partial charge on any atom is 0.309 e. The molecule has 2 aromatic heterocycles. The summed E-state index contributed by atoms with van der Waals surface area (Å²) in [5.74, 6) is -0.590. The Labute approximate surface area is 131 Å². The Morgan fingerprint density at radius 3 is 2.48 bits per heavy atom. The van der Waals surface area contributed by atoms with Crippen LogP contribution in [0.5, 0.6) is 0 Å². The van der Waals surface area contributed by atoms with Gasteiger partial charge in [-0.15, -0.1) is 0 Å². The van der Waals surface area contributed by atoms with E-state index in [0.29, 0.717) is 22.4 Å². The molecule has 1 N–H and O–H groups in total. The van der Waals surface area contributed by atoms with Gasteiger partial charge in [0.25, 0.3) is 0 Å². The molecule has 0 aliphatic carbocycles. The first kappa shape index (κ1) is 14.8. The van der Waals surface area contributed by atoms with Gasteiger partial charge in [0, 0.05) is 30.3 Å². The van der Waals surface area contributed by atoms with Gasteiger partial charge < -0.3 is 5.11 Å². The van der Waals surface area contributed by atoms with Gasteiger partial charge in [-0.25, -0.2) is 14.6 Å². The topological polar surface area (TPSA) is 98.0 Å². The Bertz CT molecular complexity index is 913. The van der Waals surface area contributed by atoms with Crippen LogP contribution in [0.4, 0.5) is 0 Å². The average Bonchev–Trinajstić information content (AvgIpc) is 2.85. The molecule has 7 nitrogen and oxygen atoms in total. The molecular weight excluding hydrogens is 296 g/mol. The number of aromatic nitrogens is 4. The Morgan fingerprint density at radius 1 is 1.17 bits per heavy atom. The first-order valence-electron chi connectivity index (χ1n) is 6.99. The zero-order valence-electron chi connectivity index (χ0n) is 12.6. The van der Waals surface area contributed by atoms with Crippen LogP contribution in [0.1, 0.15) is 23.2 Å². The van der Waals surface area contributed by atoms with E-state index in [2.05, 4.69) is 15.1 Å². The predicted octanol–water partition coefficient (Wildman–Crippen LogP) is 2.09. The van der Waals surface area contributed by atoms with E-state index in [0.717, 1.165) is 11.1 Å². The normalized spacial score (nSPS) is 10.9. The fourth-order valence-corrected chi connectivity index (χ4v) is 2.41. The van der Waals surface area contributed by atoms with Crippen LogP contribution in [0.3, 0.4) is 0 Å². The molecule has 0 aliphatic rings. The molecule has 2 heterocycles. The number of carbonyl (C=O) groups is 2. The second-order valence-electron chi connectivity index (χ2n) is 5.20. The molecule has 0 fully saturated rings. The van der Waals surface area contributed by atoms with Crippen molar-refractivity contribution >= 4 is 22.8 Å². The number of benzene rings is 1. The molecular formula is C16H14N4O3. The van der Waals surface area contributed by atoms with Crippen molar-refractivity contribution in [3.05, 3.63) is 42.1 Å². The van der Waals surface area contributed by atoms with Gasteiger partial charge in [-0.3, -0.25) is 9.59 Å². The fraction of sp³-hybridized carbons (Fsp3) is 0.188. The largest absolute Gasteiger partial charge is 0.481 e. The van der Waals surface area contributed by atoms with Gasteiger partial charge in [-0.1, -0.05) is 12.1 Å². The molecule has 0 unspecified atom stereocenters. The Balaban J connectivity index is 2.18. The van der Waals surface area contributed by atoms with Crippen molar-refractivity contribution in [2.24, 2.45) is 0 Å². The van der Waals surface area contributed by atoms with Crippen molar-refractivity contribution < 1.29 is 14.7 Å². The van der Waals surface area contributed by atoms with Crippen molar-refractivity contribution in [1.82, 2.24) is 19.7 Å². The number of carbonyl (C=O) groups excluding carboxylic acids is 1. The maximum absolute atomic E-state index is 11.8. The summed E-state index contributed by atoms with van der Waals surface area (Å²) in [5, 5.41) is 13.8. The van der Waals surface area contributed by atoms with E-state index in [1.165, 1.54) is 11.6 Å². The van der Waals surface area contributed by atoms with E-state index in [1.54, 1.807) is 31.5 Å². The first-order chi connectivity index (χ1) is 11.0. The molecule has 0 aliphatic heterocycles. The zero-order chi connectivity index (χ0) is 16.6. The van der Waals surface area contributed by atoms with Gasteiger partial charge in [0.05, 0.1) is 17.6 Å². The minimum Gasteiger partial charge on any atom is -0.481 e. The van der Waals surface area contributed by atoms with Crippen LogP contribution in [0.15, 0.2) is 30.6 Å². The highest BCUT2D eigenvalue weighted by atomic mass is 16.4. The van der Waals surface area contributed by atoms with Crippen molar-refractivity contribution in [3.63, 3.8) is 0 Å². The molecule has 23 heavy (non-hydrogen) atoms. The number of aryl methyl sites for hydroxylation is 1. The molecule has 0 radical (unpaired) electrons. The quantitative estimate of drug-likeness (QED) is 0.795. The van der Waals surface area contributed by atoms with E-state index in [4.69, 9.17) is 5.11 Å². The van der Waals surface area contributed by atoms with Crippen LogP contribution >= 0.6 is 0 Å². The van der Waals surface area contributed by atoms with Gasteiger partial charge in [-0.2, -0.15) is 5.10 Å². The first-order valence-corrected chi connectivity index (χ1v) is 6.99. The minimum atomic E-state index is -0.990. The van der Waals surface area contributed by atoms with E-state index in [-0.39, 0.29) is 12.3 Å². The van der Waals surface area contributed by atoms with Crippen LogP contribution in [0, 0.1) is 6.92 Å². The standard InChI is InChI=1S/C16H14N4O3/c1-9-17-7-12(8-18-9)11-3-4-13-14(6-16(22)23)19-20(10(2)21)15(13)5-11/h3-5,7-8H,6H2,1-2H3,(H,22,23). The number of fused-ring (bicyclic) bond motifs is 1. The van der Waals surface area contributed by atoms with Gasteiger partial charge >= 0.3 is 5.97 Å². The zero-order valence-corrected chi connectivity index (χ0v) is 12.6. The minimum absolute atomic E-state index is 0.232. The van der Waals surface area contributed by atoms with Crippen molar-refractivity contribution in [3.8, 4) is 11.1 Å². The maximum atomic E-state index is 11.8. The summed E-state index contributed by atoms with van der Waals surface area (Å²) in [6.07, 6.45) is 3.18. The molecule has 0 saturated heterocycles. The van der Waals surface area contributed by atoms with E-state index >= 15 is 0 Å². The van der Waals surface area contributed by atoms with Crippen molar-refractivity contribution in [2.75, 3.05) is 0 Å². The second kappa shape index (κ2) is 5.60. The highest BCUT2D eigenvalue weighted by Crippen LogP contribution is 2.26. The summed E-state index contributed by atoms with van der Waals surface area (Å²) in [5.41, 5.74) is 2.59. The lowest BCUT2D eigenvalue weighted by molar-refractivity contribution is -0.136. The SMILES string of the molecule is CC(=O)n1nc(CC(=O)O)c2ccc(-c3cnc(C)nc3)cc21. The van der Waals surface area contributed by atoms with Crippen molar-refractivity contribution in [2.45, 2.75) is 20.3 Å². The van der Waals surface area contributed by atoms with Crippen LogP contribution in [-0.2, 0) is 11.2 Å². The highest BCUT2D eigenvalue weighted by Gasteiger charge is 2.16. The Kier molecular flexibility index (Phi) is 3.61. The molecule has 0 bridgehead atoms. The lowest BCUT2D eigenvalue weighted by atomic mass is 10.1. The lowest BCUT2D eigenvalue weighted by Crippen LogP contribution is -2.08. The van der Waals surface area contributed by atoms with Crippen LogP contribution in [-0.4, -0.2) is 36.7 Å². The highest BCUT2D eigenvalue weighted by molar-refractivity contribution is 5.95. The van der Waals surface area contributed by atoms with Gasteiger partial charge in [0.15, 0.2) is 0 Å². The average molecular weight is 310 g/mol. The second-order valence-corrected chi connectivity index (χ2v) is 5.20. The molecule has 3 aromatic rings. The number of hydrogen-bond donors (Lipinski definition) is 1. The van der Waals surface area contributed by atoms with E-state index in [9.17, 15) is 9.59 Å². The third-order valence-corrected chi connectivity index (χ3v) is 3.49. The number of rotatable bonds is 3. The fourth-order valence-electron chi connectivity index (χ4n) is 2.41. The molecule has 0 amide bonds. The smallest absolute Gasteiger partial charge is 0.309 e. The predicted molar refractivity (Wildman–Crippen MR) is 83.1 cm³/mol. The Morgan fingerprint density at radius 2 is 1.87 bits per heavy atom. The van der Waals surface area contributed by atoms with Gasteiger partial charge in [0.1, 0.15) is 5.82 Å². The summed E-state index contributed by atoms with van der Waals surface area (Å²) >= 11 is 0. The molecule has 3 rings (SSSR count). The third kappa shape index (κ3) is 2.80. The summed E-state index contributed by atoms with van der Waals surface area (Å²) in [7, 11) is 0. The number of hydrogen-bond acceptors (Lipinski definition) is 5. The number of nitrogens with zero attached hydrogens (tertiary/aromatic N) is 4. The van der Waals surface area contributed by atoms with Crippen molar-refractivity contribution in [1.29, 1.82) is 0 Å². The number of carboxylic acids is 1. The van der Waals surface area contributed by atoms with Crippen LogP contribution in [0.2, 0.25) is 0 Å². The monoisotopic (exact) mass is 310 g/mol. The third-order valence-electron chi connectivity index (χ3n) is 3.49. The summed E-state index contributed by atoms with van der Waals surface area (Å²) < 4.78 is 1.23. The summed E-state index contributed by atoms with van der Waals surface area (Å²) in [4.78, 5) is 31.1. The number of carboxylic acid groups (broad SMARTS) is 1. The van der Waals surface area contributed by atoms with E-state index < -0.39 is 5.97 Å². The lowest BCUT2D eigenvalue weighted by Gasteiger charge is -2.03. The van der Waals surface area contributed by atoms with Gasteiger partial charge in [0.2, 0.25) is 5.91 Å². The molecule has 0 saturated carbocycles. The van der Waals surface area contributed by atoms with Crippen LogP contribution in [0.25, 0.3) is 22.0 Å². The molecule has 7 heteroatoms. The summed E-state index contributed by atoms with van der Waals surface area (Å²) in [6.45, 7) is 3.19. The van der Waals surface area contributed by atoms with E-state index in [1.807, 2.05) is 6.07 Å². The molecule has 1 aromatic carbocycles. The van der Waals surface area contributed by atoms with Crippen LogP contribution < -0.4 is 0 Å². The Hall–Kier alpha value is -3.09.